The fourth-order valence-corrected chi connectivity index (χ4v) is 1.62. The Bertz CT molecular complexity index is 667. The molecule has 0 aliphatic heterocycles. The lowest BCUT2D eigenvalue weighted by atomic mass is 10.2. The summed E-state index contributed by atoms with van der Waals surface area (Å²) >= 11 is 0. The summed E-state index contributed by atoms with van der Waals surface area (Å²) in [5.74, 6) is -0.978. The summed E-state index contributed by atoms with van der Waals surface area (Å²) in [6.45, 7) is 0. The summed E-state index contributed by atoms with van der Waals surface area (Å²) in [7, 11) is 1.55. The Morgan fingerprint density at radius 1 is 1.00 bits per heavy atom. The Morgan fingerprint density at radius 2 is 1.68 bits per heavy atom. The summed E-state index contributed by atoms with van der Waals surface area (Å²) in [6.07, 6.45) is 1.46. The molecule has 2 aromatic carbocycles. The number of methoxy groups -OCH3 is 1. The number of hydrazone groups is 1. The van der Waals surface area contributed by atoms with Gasteiger partial charge in [-0.15, -0.1) is 0 Å². The predicted molar refractivity (Wildman–Crippen MR) is 83.8 cm³/mol. The molecule has 0 aromatic heterocycles. The number of carbonyl (C=O) groups excluding carboxylic acids is 2. The van der Waals surface area contributed by atoms with Gasteiger partial charge in [-0.1, -0.05) is 30.3 Å². The van der Waals surface area contributed by atoms with Crippen molar-refractivity contribution in [3.8, 4) is 5.75 Å². The molecule has 0 saturated heterocycles. The molecular formula is C16H15N3O3. The van der Waals surface area contributed by atoms with Crippen LogP contribution in [0.15, 0.2) is 59.7 Å². The SMILES string of the molecule is COc1ccc(NC(=O)C(=O)N/N=C/c2ccccc2)cc1. The van der Waals surface area contributed by atoms with Crippen LogP contribution >= 0.6 is 0 Å². The number of nitrogens with zero attached hydrogens (tertiary/aromatic N) is 1. The van der Waals surface area contributed by atoms with Gasteiger partial charge in [0.05, 0.1) is 13.3 Å². The molecule has 0 unspecified atom stereocenters. The smallest absolute Gasteiger partial charge is 0.329 e. The zero-order valence-electron chi connectivity index (χ0n) is 11.9. The van der Waals surface area contributed by atoms with E-state index in [0.717, 1.165) is 5.56 Å². The maximum Gasteiger partial charge on any atom is 0.329 e. The first-order chi connectivity index (χ1) is 10.7. The molecule has 2 rings (SSSR count). The maximum absolute atomic E-state index is 11.7. The van der Waals surface area contributed by atoms with Gasteiger partial charge in [0.25, 0.3) is 0 Å². The number of amides is 2. The molecule has 0 radical (unpaired) electrons. The van der Waals surface area contributed by atoms with E-state index in [1.165, 1.54) is 6.21 Å². The van der Waals surface area contributed by atoms with Crippen molar-refractivity contribution in [2.24, 2.45) is 5.10 Å². The largest absolute Gasteiger partial charge is 0.497 e. The van der Waals surface area contributed by atoms with Crippen molar-refractivity contribution >= 4 is 23.7 Å². The third-order valence-corrected chi connectivity index (χ3v) is 2.73. The second-order valence-corrected chi connectivity index (χ2v) is 4.29. The Kier molecular flexibility index (Phi) is 5.25. The Hall–Kier alpha value is -3.15. The zero-order chi connectivity index (χ0) is 15.8. The van der Waals surface area contributed by atoms with Gasteiger partial charge < -0.3 is 10.1 Å². The molecule has 2 N–H and O–H groups in total. The summed E-state index contributed by atoms with van der Waals surface area (Å²) in [5, 5.41) is 6.19. The lowest BCUT2D eigenvalue weighted by Crippen LogP contribution is -2.32. The lowest BCUT2D eigenvalue weighted by molar-refractivity contribution is -0.136. The van der Waals surface area contributed by atoms with E-state index < -0.39 is 11.8 Å². The average molecular weight is 297 g/mol. The molecule has 6 heteroatoms. The lowest BCUT2D eigenvalue weighted by Gasteiger charge is -2.05. The molecule has 0 spiro atoms. The Labute approximate surface area is 127 Å². The molecule has 112 valence electrons. The van der Waals surface area contributed by atoms with Crippen LogP contribution in [-0.2, 0) is 9.59 Å². The van der Waals surface area contributed by atoms with Crippen LogP contribution in [0.3, 0.4) is 0 Å². The number of ether oxygens (including phenoxy) is 1. The number of benzene rings is 2. The predicted octanol–water partition coefficient (Wildman–Crippen LogP) is 1.78. The van der Waals surface area contributed by atoms with Gasteiger partial charge in [-0.05, 0) is 29.8 Å². The van der Waals surface area contributed by atoms with Crippen LogP contribution in [-0.4, -0.2) is 25.1 Å². The molecule has 0 saturated carbocycles. The number of anilines is 1. The topological polar surface area (TPSA) is 79.8 Å². The van der Waals surface area contributed by atoms with Crippen LogP contribution < -0.4 is 15.5 Å². The van der Waals surface area contributed by atoms with E-state index in [0.29, 0.717) is 11.4 Å². The van der Waals surface area contributed by atoms with Crippen LogP contribution in [0.4, 0.5) is 5.69 Å². The third-order valence-electron chi connectivity index (χ3n) is 2.73. The number of hydrogen-bond donors (Lipinski definition) is 2. The maximum atomic E-state index is 11.7. The first-order valence-corrected chi connectivity index (χ1v) is 6.52. The molecule has 22 heavy (non-hydrogen) atoms. The minimum Gasteiger partial charge on any atom is -0.497 e. The molecule has 0 atom stereocenters. The van der Waals surface area contributed by atoms with Crippen molar-refractivity contribution in [1.29, 1.82) is 0 Å². The van der Waals surface area contributed by atoms with Crippen molar-refractivity contribution in [2.75, 3.05) is 12.4 Å². The van der Waals surface area contributed by atoms with E-state index in [4.69, 9.17) is 4.74 Å². The summed E-state index contributed by atoms with van der Waals surface area (Å²) in [6, 6.07) is 15.9. The summed E-state index contributed by atoms with van der Waals surface area (Å²) in [5.41, 5.74) is 3.48. The van der Waals surface area contributed by atoms with Gasteiger partial charge in [0, 0.05) is 5.69 Å². The molecule has 0 aliphatic carbocycles. The van der Waals surface area contributed by atoms with E-state index in [-0.39, 0.29) is 0 Å². The highest BCUT2D eigenvalue weighted by Gasteiger charge is 2.12. The van der Waals surface area contributed by atoms with Crippen molar-refractivity contribution < 1.29 is 14.3 Å². The fourth-order valence-electron chi connectivity index (χ4n) is 1.62. The number of rotatable bonds is 4. The van der Waals surface area contributed by atoms with E-state index in [9.17, 15) is 9.59 Å². The van der Waals surface area contributed by atoms with E-state index in [2.05, 4.69) is 15.8 Å². The first-order valence-electron chi connectivity index (χ1n) is 6.52. The Balaban J connectivity index is 1.86. The quantitative estimate of drug-likeness (QED) is 0.513. The Morgan fingerprint density at radius 3 is 2.32 bits per heavy atom. The van der Waals surface area contributed by atoms with Gasteiger partial charge >= 0.3 is 11.8 Å². The number of hydrogen-bond acceptors (Lipinski definition) is 4. The normalized spacial score (nSPS) is 10.2. The second-order valence-electron chi connectivity index (χ2n) is 4.29. The minimum absolute atomic E-state index is 0.494. The van der Waals surface area contributed by atoms with Gasteiger partial charge in [-0.2, -0.15) is 5.10 Å². The molecule has 6 nitrogen and oxygen atoms in total. The van der Waals surface area contributed by atoms with Crippen LogP contribution in [0, 0.1) is 0 Å². The van der Waals surface area contributed by atoms with Gasteiger partial charge in [0.15, 0.2) is 0 Å². The van der Waals surface area contributed by atoms with Crippen LogP contribution in [0.2, 0.25) is 0 Å². The van der Waals surface area contributed by atoms with E-state index in [1.54, 1.807) is 31.4 Å². The summed E-state index contributed by atoms with van der Waals surface area (Å²) < 4.78 is 5.01. The zero-order valence-corrected chi connectivity index (χ0v) is 11.9. The molecule has 0 heterocycles. The molecule has 2 aromatic rings. The highest BCUT2D eigenvalue weighted by molar-refractivity contribution is 6.39. The van der Waals surface area contributed by atoms with Crippen molar-refractivity contribution in [3.63, 3.8) is 0 Å². The first kappa shape index (κ1) is 15.2. The van der Waals surface area contributed by atoms with Gasteiger partial charge in [0.2, 0.25) is 0 Å². The van der Waals surface area contributed by atoms with Gasteiger partial charge in [-0.25, -0.2) is 5.43 Å². The van der Waals surface area contributed by atoms with Crippen molar-refractivity contribution in [3.05, 3.63) is 60.2 Å². The second kappa shape index (κ2) is 7.58. The van der Waals surface area contributed by atoms with Crippen LogP contribution in [0.5, 0.6) is 5.75 Å². The van der Waals surface area contributed by atoms with Gasteiger partial charge in [0.1, 0.15) is 5.75 Å². The van der Waals surface area contributed by atoms with Crippen LogP contribution in [0.1, 0.15) is 5.56 Å². The van der Waals surface area contributed by atoms with Crippen LogP contribution in [0.25, 0.3) is 0 Å². The molecule has 0 aliphatic rings. The highest BCUT2D eigenvalue weighted by atomic mass is 16.5. The van der Waals surface area contributed by atoms with Crippen molar-refractivity contribution in [1.82, 2.24) is 5.43 Å². The molecule has 0 bridgehead atoms. The van der Waals surface area contributed by atoms with E-state index in [1.807, 2.05) is 30.3 Å². The third kappa shape index (κ3) is 4.45. The molecule has 0 fully saturated rings. The minimum atomic E-state index is -0.844. The van der Waals surface area contributed by atoms with E-state index >= 15 is 0 Å². The molecule has 2 amide bonds. The molecular weight excluding hydrogens is 282 g/mol. The monoisotopic (exact) mass is 297 g/mol. The highest BCUT2D eigenvalue weighted by Crippen LogP contribution is 2.14. The summed E-state index contributed by atoms with van der Waals surface area (Å²) in [4.78, 5) is 23.3. The van der Waals surface area contributed by atoms with Gasteiger partial charge in [-0.3, -0.25) is 9.59 Å². The fraction of sp³-hybridized carbons (Fsp3) is 0.0625. The van der Waals surface area contributed by atoms with Crippen molar-refractivity contribution in [2.45, 2.75) is 0 Å². The average Bonchev–Trinajstić information content (AvgIpc) is 2.56. The number of nitrogens with one attached hydrogen (secondary N) is 2. The number of carbonyl (C=O) groups is 2. The standard InChI is InChI=1S/C16H15N3O3/c1-22-14-9-7-13(8-10-14)18-15(20)16(21)19-17-11-12-5-3-2-4-6-12/h2-11H,1H3,(H,18,20)(H,19,21)/b17-11+.